The topological polar surface area (TPSA) is 110 Å². The van der Waals surface area contributed by atoms with E-state index in [0.717, 1.165) is 0 Å². The average molecular weight is 336 g/mol. The van der Waals surface area contributed by atoms with Gasteiger partial charge in [-0.05, 0) is 0 Å². The highest BCUT2D eigenvalue weighted by Gasteiger charge is 2.60. The van der Waals surface area contributed by atoms with E-state index < -0.39 is 48.1 Å². The summed E-state index contributed by atoms with van der Waals surface area (Å²) < 4.78 is 26.2. The summed E-state index contributed by atoms with van der Waals surface area (Å²) in [6, 6.07) is 0. The molecule has 1 rings (SSSR count). The molecule has 9 heteroatoms. The molecular weight excluding hydrogens is 312 g/mol. The summed E-state index contributed by atoms with van der Waals surface area (Å²) in [7, 11) is 3.75. The molecule has 0 spiro atoms. The first-order valence-corrected chi connectivity index (χ1v) is 7.10. The van der Waals surface area contributed by atoms with Gasteiger partial charge in [-0.15, -0.1) is 0 Å². The fourth-order valence-corrected chi connectivity index (χ4v) is 2.91. The number of hydrogen-bond acceptors (Lipinski definition) is 9. The van der Waals surface area contributed by atoms with Crippen molar-refractivity contribution < 1.29 is 43.4 Å². The molecule has 1 heterocycles. The van der Waals surface area contributed by atoms with Gasteiger partial charge in [0.2, 0.25) is 6.29 Å². The maximum atomic E-state index is 12.3. The molecule has 0 radical (unpaired) electrons. The van der Waals surface area contributed by atoms with Crippen LogP contribution in [-0.4, -0.2) is 62.8 Å². The van der Waals surface area contributed by atoms with Crippen LogP contribution in [0.3, 0.4) is 0 Å². The van der Waals surface area contributed by atoms with Crippen LogP contribution >= 0.6 is 0 Å². The minimum atomic E-state index is -1.83. The van der Waals surface area contributed by atoms with Gasteiger partial charge >= 0.3 is 11.9 Å². The van der Waals surface area contributed by atoms with E-state index in [9.17, 15) is 9.59 Å². The second-order valence-electron chi connectivity index (χ2n) is 5.38. The lowest BCUT2D eigenvalue weighted by Gasteiger charge is -2.49. The standard InChI is InChI=1S/C14H24O9/c1-7-10(21-9(3)15)8(2)14(20-6,13(16)19-5)22-11(7)12(18-4)23-17/h7-8,10-12,17H,1-6H3/t7-,8+,10+,11+,12+,14-/m0/s1. The molecule has 1 saturated heterocycles. The number of carbonyl (C=O) groups excluding carboxylic acids is 2. The maximum absolute atomic E-state index is 12.3. The highest BCUT2D eigenvalue weighted by Crippen LogP contribution is 2.42. The van der Waals surface area contributed by atoms with Crippen molar-refractivity contribution in [1.29, 1.82) is 0 Å². The molecule has 0 saturated carbocycles. The second kappa shape index (κ2) is 8.02. The summed E-state index contributed by atoms with van der Waals surface area (Å²) in [5, 5.41) is 9.00. The third-order valence-electron chi connectivity index (χ3n) is 4.12. The van der Waals surface area contributed by atoms with Crippen molar-refractivity contribution in [2.75, 3.05) is 21.3 Å². The van der Waals surface area contributed by atoms with Gasteiger partial charge in [-0.3, -0.25) is 4.79 Å². The first-order valence-electron chi connectivity index (χ1n) is 7.10. The van der Waals surface area contributed by atoms with Gasteiger partial charge in [0.05, 0.1) is 13.0 Å². The quantitative estimate of drug-likeness (QED) is 0.322. The molecule has 0 aromatic rings. The maximum Gasteiger partial charge on any atom is 0.367 e. The molecule has 0 amide bonds. The predicted octanol–water partition coefficient (Wildman–Crippen LogP) is 0.567. The number of carbonyl (C=O) groups is 2. The summed E-state index contributed by atoms with van der Waals surface area (Å²) in [6.07, 6.45) is -2.92. The molecule has 9 nitrogen and oxygen atoms in total. The van der Waals surface area contributed by atoms with E-state index in [1.165, 1.54) is 28.3 Å². The van der Waals surface area contributed by atoms with E-state index in [4.69, 9.17) is 28.9 Å². The van der Waals surface area contributed by atoms with Crippen molar-refractivity contribution in [2.45, 2.75) is 45.1 Å². The molecular formula is C14H24O9. The molecule has 6 atom stereocenters. The second-order valence-corrected chi connectivity index (χ2v) is 5.38. The van der Waals surface area contributed by atoms with E-state index in [0.29, 0.717) is 0 Å². The molecule has 1 N–H and O–H groups in total. The Morgan fingerprint density at radius 2 is 1.83 bits per heavy atom. The van der Waals surface area contributed by atoms with Gasteiger partial charge in [0.1, 0.15) is 12.2 Å². The predicted molar refractivity (Wildman–Crippen MR) is 75.0 cm³/mol. The smallest absolute Gasteiger partial charge is 0.367 e. The largest absolute Gasteiger partial charge is 0.465 e. The number of rotatable bonds is 6. The van der Waals surface area contributed by atoms with E-state index >= 15 is 0 Å². The Balaban J connectivity index is 3.31. The fourth-order valence-electron chi connectivity index (χ4n) is 2.91. The Morgan fingerprint density at radius 1 is 1.22 bits per heavy atom. The Hall–Kier alpha value is -1.26. The van der Waals surface area contributed by atoms with Crippen molar-refractivity contribution in [3.05, 3.63) is 0 Å². The molecule has 134 valence electrons. The number of hydrogen-bond donors (Lipinski definition) is 1. The van der Waals surface area contributed by atoms with Crippen molar-refractivity contribution in [3.63, 3.8) is 0 Å². The zero-order valence-electron chi connectivity index (χ0n) is 14.1. The van der Waals surface area contributed by atoms with E-state index in [2.05, 4.69) is 4.89 Å². The zero-order chi connectivity index (χ0) is 17.8. The summed E-state index contributed by atoms with van der Waals surface area (Å²) in [5.41, 5.74) is 0. The highest BCUT2D eigenvalue weighted by atomic mass is 17.1. The lowest BCUT2D eigenvalue weighted by Crippen LogP contribution is -2.65. The molecule has 0 bridgehead atoms. The van der Waals surface area contributed by atoms with E-state index in [1.54, 1.807) is 13.8 Å². The first-order chi connectivity index (χ1) is 10.8. The van der Waals surface area contributed by atoms with Crippen LogP contribution in [-0.2, 0) is 38.2 Å². The van der Waals surface area contributed by atoms with Gasteiger partial charge in [0.15, 0.2) is 0 Å². The lowest BCUT2D eigenvalue weighted by atomic mass is 9.80. The van der Waals surface area contributed by atoms with Crippen LogP contribution in [0.4, 0.5) is 0 Å². The van der Waals surface area contributed by atoms with Crippen molar-refractivity contribution in [2.24, 2.45) is 11.8 Å². The molecule has 1 aliphatic rings. The Morgan fingerprint density at radius 3 is 2.22 bits per heavy atom. The van der Waals surface area contributed by atoms with E-state index in [-0.39, 0.29) is 0 Å². The Bertz CT molecular complexity index is 422. The Labute approximate surface area is 134 Å². The van der Waals surface area contributed by atoms with Gasteiger partial charge < -0.3 is 23.7 Å². The van der Waals surface area contributed by atoms with E-state index in [1.807, 2.05) is 0 Å². The highest BCUT2D eigenvalue weighted by molar-refractivity contribution is 5.78. The van der Waals surface area contributed by atoms with Crippen LogP contribution in [0.2, 0.25) is 0 Å². The van der Waals surface area contributed by atoms with Crippen LogP contribution in [0.5, 0.6) is 0 Å². The minimum Gasteiger partial charge on any atom is -0.465 e. The van der Waals surface area contributed by atoms with Crippen molar-refractivity contribution in [3.8, 4) is 0 Å². The zero-order valence-corrected chi connectivity index (χ0v) is 14.1. The van der Waals surface area contributed by atoms with Crippen LogP contribution in [0, 0.1) is 11.8 Å². The molecule has 1 aliphatic heterocycles. The monoisotopic (exact) mass is 336 g/mol. The van der Waals surface area contributed by atoms with Gasteiger partial charge in [-0.1, -0.05) is 13.8 Å². The number of esters is 2. The summed E-state index contributed by atoms with van der Waals surface area (Å²) in [4.78, 5) is 27.9. The summed E-state index contributed by atoms with van der Waals surface area (Å²) in [6.45, 7) is 4.62. The third-order valence-corrected chi connectivity index (χ3v) is 4.12. The van der Waals surface area contributed by atoms with Gasteiger partial charge in [-0.25, -0.2) is 14.9 Å². The van der Waals surface area contributed by atoms with Crippen molar-refractivity contribution >= 4 is 11.9 Å². The fraction of sp³-hybridized carbons (Fsp3) is 0.857. The molecule has 0 aromatic heterocycles. The average Bonchev–Trinajstić information content (AvgIpc) is 2.53. The van der Waals surface area contributed by atoms with Gasteiger partial charge in [-0.2, -0.15) is 0 Å². The summed E-state index contributed by atoms with van der Waals surface area (Å²) in [5.74, 6) is -4.29. The molecule has 1 fully saturated rings. The minimum absolute atomic E-state index is 0.459. The normalized spacial score (nSPS) is 35.4. The SMILES string of the molecule is COC(=O)[C@@]1(OC)O[C@@H]([C@H](OC)OO)[C@@H](C)[C@@H](OC(C)=O)[C@H]1C. The number of methoxy groups -OCH3 is 3. The van der Waals surface area contributed by atoms with Crippen LogP contribution in [0.25, 0.3) is 0 Å². The van der Waals surface area contributed by atoms with Gasteiger partial charge in [0.25, 0.3) is 5.79 Å². The molecule has 23 heavy (non-hydrogen) atoms. The molecule has 0 unspecified atom stereocenters. The lowest BCUT2D eigenvalue weighted by molar-refractivity contribution is -0.406. The van der Waals surface area contributed by atoms with Gasteiger partial charge in [0, 0.05) is 27.1 Å². The molecule has 0 aromatic carbocycles. The van der Waals surface area contributed by atoms with Crippen LogP contribution < -0.4 is 0 Å². The Kier molecular flexibility index (Phi) is 6.90. The molecule has 0 aliphatic carbocycles. The summed E-state index contributed by atoms with van der Waals surface area (Å²) >= 11 is 0. The van der Waals surface area contributed by atoms with Crippen LogP contribution in [0.1, 0.15) is 20.8 Å². The van der Waals surface area contributed by atoms with Crippen molar-refractivity contribution in [1.82, 2.24) is 0 Å². The third kappa shape index (κ3) is 3.64. The van der Waals surface area contributed by atoms with Crippen LogP contribution in [0.15, 0.2) is 0 Å². The first kappa shape index (κ1) is 19.8. The number of ether oxygens (including phenoxy) is 5.